The molecule has 92 valence electrons. The maximum absolute atomic E-state index is 10.9. The van der Waals surface area contributed by atoms with Crippen LogP contribution in [0.2, 0.25) is 10.0 Å². The number of nitrogens with zero attached hydrogens (tertiary/aromatic N) is 2. The van der Waals surface area contributed by atoms with Gasteiger partial charge in [0.2, 0.25) is 0 Å². The van der Waals surface area contributed by atoms with Gasteiger partial charge in [0.15, 0.2) is 0 Å². The van der Waals surface area contributed by atoms with Gasteiger partial charge in [-0.1, -0.05) is 29.3 Å². The lowest BCUT2D eigenvalue weighted by molar-refractivity contribution is 0.0999. The fraction of sp³-hybridized carbons (Fsp3) is 0.0833. The van der Waals surface area contributed by atoms with Gasteiger partial charge in [-0.25, -0.2) is 9.97 Å². The number of aromatic nitrogens is 2. The maximum atomic E-state index is 10.9. The molecule has 0 fully saturated rings. The predicted octanol–water partition coefficient (Wildman–Crippen LogP) is 2.47. The number of amides is 1. The second-order valence-corrected chi connectivity index (χ2v) is 4.51. The topological polar surface area (TPSA) is 68.9 Å². The molecule has 1 aromatic heterocycles. The molecule has 1 heterocycles. The molecule has 6 heteroatoms. The van der Waals surface area contributed by atoms with Crippen molar-refractivity contribution in [1.29, 1.82) is 0 Å². The van der Waals surface area contributed by atoms with Gasteiger partial charge in [-0.3, -0.25) is 4.79 Å². The highest BCUT2D eigenvalue weighted by Gasteiger charge is 2.06. The molecule has 0 saturated heterocycles. The lowest BCUT2D eigenvalue weighted by Gasteiger charge is -2.04. The first-order chi connectivity index (χ1) is 8.56. The molecule has 0 aliphatic heterocycles. The summed E-state index contributed by atoms with van der Waals surface area (Å²) in [5.74, 6) is 0.00953. The third-order valence-electron chi connectivity index (χ3n) is 2.35. The second-order valence-electron chi connectivity index (χ2n) is 3.66. The van der Waals surface area contributed by atoms with Crippen LogP contribution in [0.15, 0.2) is 30.6 Å². The van der Waals surface area contributed by atoms with E-state index in [9.17, 15) is 4.79 Å². The van der Waals surface area contributed by atoms with E-state index < -0.39 is 5.91 Å². The third kappa shape index (κ3) is 2.97. The van der Waals surface area contributed by atoms with Gasteiger partial charge in [0, 0.05) is 28.9 Å². The molecule has 0 radical (unpaired) electrons. The number of nitrogens with two attached hydrogens (primary N) is 1. The summed E-state index contributed by atoms with van der Waals surface area (Å²) in [5, 5.41) is 1.14. The zero-order valence-corrected chi connectivity index (χ0v) is 10.7. The Bertz CT molecular complexity index is 584. The highest BCUT2D eigenvalue weighted by atomic mass is 35.5. The molecule has 18 heavy (non-hydrogen) atoms. The molecule has 1 amide bonds. The van der Waals surface area contributed by atoms with Gasteiger partial charge < -0.3 is 5.73 Å². The molecule has 0 aliphatic carbocycles. The average Bonchev–Trinajstić information content (AvgIpc) is 2.33. The molecule has 0 saturated carbocycles. The van der Waals surface area contributed by atoms with Crippen molar-refractivity contribution < 1.29 is 4.79 Å². The van der Waals surface area contributed by atoms with E-state index in [1.807, 2.05) is 6.07 Å². The molecule has 1 aromatic carbocycles. The summed E-state index contributed by atoms with van der Waals surface area (Å²) in [6.45, 7) is 0. The molecule has 2 aromatic rings. The average molecular weight is 282 g/mol. The minimum atomic E-state index is -0.550. The number of benzene rings is 1. The Hall–Kier alpha value is -1.65. The molecular weight excluding hydrogens is 273 g/mol. The third-order valence-corrected chi connectivity index (χ3v) is 2.94. The Kier molecular flexibility index (Phi) is 3.79. The van der Waals surface area contributed by atoms with Gasteiger partial charge >= 0.3 is 0 Å². The zero-order valence-electron chi connectivity index (χ0n) is 9.23. The quantitative estimate of drug-likeness (QED) is 0.940. The Morgan fingerprint density at radius 1 is 1.22 bits per heavy atom. The van der Waals surface area contributed by atoms with Crippen LogP contribution < -0.4 is 5.73 Å². The first-order valence-corrected chi connectivity index (χ1v) is 5.86. The summed E-state index contributed by atoms with van der Waals surface area (Å²) in [6.07, 6.45) is 3.26. The van der Waals surface area contributed by atoms with Gasteiger partial charge in [-0.15, -0.1) is 0 Å². The van der Waals surface area contributed by atoms with E-state index in [2.05, 4.69) is 9.97 Å². The summed E-state index contributed by atoms with van der Waals surface area (Å²) >= 11 is 11.9. The molecule has 2 N–H and O–H groups in total. The van der Waals surface area contributed by atoms with E-state index in [4.69, 9.17) is 28.9 Å². The number of primary amides is 1. The van der Waals surface area contributed by atoms with Crippen LogP contribution in [0.4, 0.5) is 0 Å². The van der Waals surface area contributed by atoms with Gasteiger partial charge in [0.25, 0.3) is 5.91 Å². The van der Waals surface area contributed by atoms with Gasteiger partial charge in [0.1, 0.15) is 5.82 Å². The number of carbonyl (C=O) groups excluding carboxylic acids is 1. The fourth-order valence-electron chi connectivity index (χ4n) is 1.41. The van der Waals surface area contributed by atoms with Crippen molar-refractivity contribution in [2.75, 3.05) is 0 Å². The molecule has 0 bridgehead atoms. The number of rotatable bonds is 3. The van der Waals surface area contributed by atoms with Crippen molar-refractivity contribution >= 4 is 29.1 Å². The van der Waals surface area contributed by atoms with Crippen LogP contribution in [0.3, 0.4) is 0 Å². The Balaban J connectivity index is 2.21. The number of hydrogen-bond acceptors (Lipinski definition) is 3. The van der Waals surface area contributed by atoms with Crippen molar-refractivity contribution in [2.24, 2.45) is 5.73 Å². The van der Waals surface area contributed by atoms with E-state index >= 15 is 0 Å². The van der Waals surface area contributed by atoms with Crippen molar-refractivity contribution in [3.63, 3.8) is 0 Å². The minimum absolute atomic E-state index is 0.279. The first kappa shape index (κ1) is 12.8. The molecule has 0 atom stereocenters. The molecule has 0 spiro atoms. The lowest BCUT2D eigenvalue weighted by Crippen LogP contribution is -2.12. The molecule has 0 aliphatic rings. The standard InChI is InChI=1S/C12H9Cl2N3O/c13-9-2-1-7(10(14)4-9)3-11-16-5-8(6-17-11)12(15)18/h1-2,4-6H,3H2,(H2,15,18). The number of hydrogen-bond donors (Lipinski definition) is 1. The van der Waals surface area contributed by atoms with Crippen molar-refractivity contribution in [1.82, 2.24) is 9.97 Å². The van der Waals surface area contributed by atoms with Crippen LogP contribution in [-0.4, -0.2) is 15.9 Å². The Morgan fingerprint density at radius 2 is 1.89 bits per heavy atom. The van der Waals surface area contributed by atoms with Gasteiger partial charge in [0.05, 0.1) is 5.56 Å². The van der Waals surface area contributed by atoms with Gasteiger partial charge in [-0.2, -0.15) is 0 Å². The lowest BCUT2D eigenvalue weighted by atomic mass is 10.1. The van der Waals surface area contributed by atoms with E-state index in [0.29, 0.717) is 22.3 Å². The van der Waals surface area contributed by atoms with Crippen LogP contribution in [0, 0.1) is 0 Å². The molecule has 2 rings (SSSR count). The van der Waals surface area contributed by atoms with Gasteiger partial charge in [-0.05, 0) is 17.7 Å². The van der Waals surface area contributed by atoms with Crippen LogP contribution in [0.25, 0.3) is 0 Å². The van der Waals surface area contributed by atoms with Crippen molar-refractivity contribution in [3.8, 4) is 0 Å². The summed E-state index contributed by atoms with van der Waals surface area (Å²) in [4.78, 5) is 19.0. The SMILES string of the molecule is NC(=O)c1cnc(Cc2ccc(Cl)cc2Cl)nc1. The number of carbonyl (C=O) groups is 1. The van der Waals surface area contributed by atoms with E-state index in [1.54, 1.807) is 12.1 Å². The minimum Gasteiger partial charge on any atom is -0.366 e. The molecule has 4 nitrogen and oxygen atoms in total. The summed E-state index contributed by atoms with van der Waals surface area (Å²) in [5.41, 5.74) is 6.25. The maximum Gasteiger partial charge on any atom is 0.251 e. The summed E-state index contributed by atoms with van der Waals surface area (Å²) < 4.78 is 0. The smallest absolute Gasteiger partial charge is 0.251 e. The summed E-state index contributed by atoms with van der Waals surface area (Å²) in [7, 11) is 0. The van der Waals surface area contributed by atoms with Crippen LogP contribution in [-0.2, 0) is 6.42 Å². The van der Waals surface area contributed by atoms with Crippen molar-refractivity contribution in [3.05, 3.63) is 57.6 Å². The second kappa shape index (κ2) is 5.33. The Morgan fingerprint density at radius 3 is 2.44 bits per heavy atom. The summed E-state index contributed by atoms with van der Waals surface area (Å²) in [6, 6.07) is 5.23. The monoisotopic (exact) mass is 281 g/mol. The normalized spacial score (nSPS) is 10.3. The van der Waals surface area contributed by atoms with Crippen LogP contribution in [0.1, 0.15) is 21.7 Å². The highest BCUT2D eigenvalue weighted by Crippen LogP contribution is 2.22. The fourth-order valence-corrected chi connectivity index (χ4v) is 1.88. The van der Waals surface area contributed by atoms with E-state index in [1.165, 1.54) is 12.4 Å². The first-order valence-electron chi connectivity index (χ1n) is 5.11. The largest absolute Gasteiger partial charge is 0.366 e. The Labute approximate surface area is 114 Å². The molecular formula is C12H9Cl2N3O. The predicted molar refractivity (Wildman–Crippen MR) is 69.8 cm³/mol. The van der Waals surface area contributed by atoms with Crippen LogP contribution in [0.5, 0.6) is 0 Å². The van der Waals surface area contributed by atoms with Crippen molar-refractivity contribution in [2.45, 2.75) is 6.42 Å². The zero-order chi connectivity index (χ0) is 13.1. The van der Waals surface area contributed by atoms with Crippen LogP contribution >= 0.6 is 23.2 Å². The highest BCUT2D eigenvalue weighted by molar-refractivity contribution is 6.35. The van der Waals surface area contributed by atoms with E-state index in [-0.39, 0.29) is 5.56 Å². The van der Waals surface area contributed by atoms with E-state index in [0.717, 1.165) is 5.56 Å². The molecule has 0 unspecified atom stereocenters. The number of halogens is 2.